The lowest BCUT2D eigenvalue weighted by molar-refractivity contribution is 0.384. The van der Waals surface area contributed by atoms with Crippen molar-refractivity contribution in [2.24, 2.45) is 0 Å². The summed E-state index contributed by atoms with van der Waals surface area (Å²) in [5.41, 5.74) is 2.22. The summed E-state index contributed by atoms with van der Waals surface area (Å²) >= 11 is 0. The van der Waals surface area contributed by atoms with Crippen molar-refractivity contribution in [2.45, 2.75) is 18.8 Å². The number of nitrogens with zero attached hydrogens (tertiary/aromatic N) is 2. The Hall–Kier alpha value is -1.55. The quantitative estimate of drug-likeness (QED) is 0.856. The van der Waals surface area contributed by atoms with Crippen LogP contribution in [0.5, 0.6) is 5.88 Å². The molecule has 4 nitrogen and oxygen atoms in total. The van der Waals surface area contributed by atoms with Gasteiger partial charge in [-0.05, 0) is 31.5 Å². The minimum absolute atomic E-state index is 0.537. The van der Waals surface area contributed by atoms with Crippen molar-refractivity contribution >= 4 is 5.65 Å². The molecule has 1 aliphatic rings. The second kappa shape index (κ2) is 4.37. The van der Waals surface area contributed by atoms with E-state index in [4.69, 9.17) is 4.74 Å². The highest BCUT2D eigenvalue weighted by atomic mass is 16.5. The van der Waals surface area contributed by atoms with Crippen LogP contribution < -0.4 is 10.1 Å². The fraction of sp³-hybridized carbons (Fsp3) is 0.462. The van der Waals surface area contributed by atoms with Gasteiger partial charge in [-0.3, -0.25) is 4.40 Å². The first-order chi connectivity index (χ1) is 8.40. The largest absolute Gasteiger partial charge is 0.482 e. The number of hydrogen-bond donors (Lipinski definition) is 1. The van der Waals surface area contributed by atoms with E-state index in [0.717, 1.165) is 24.6 Å². The Bertz CT molecular complexity index is 514. The van der Waals surface area contributed by atoms with Crippen molar-refractivity contribution in [1.29, 1.82) is 0 Å². The molecule has 2 aromatic rings. The molecule has 1 fully saturated rings. The molecule has 0 amide bonds. The average Bonchev–Trinajstić information content (AvgIpc) is 2.83. The summed E-state index contributed by atoms with van der Waals surface area (Å²) < 4.78 is 7.54. The van der Waals surface area contributed by atoms with E-state index < -0.39 is 0 Å². The Morgan fingerprint density at radius 1 is 1.47 bits per heavy atom. The second-order valence-electron chi connectivity index (χ2n) is 4.49. The highest BCUT2D eigenvalue weighted by molar-refractivity contribution is 5.45. The van der Waals surface area contributed by atoms with Crippen LogP contribution in [0.2, 0.25) is 0 Å². The molecule has 1 saturated heterocycles. The zero-order valence-corrected chi connectivity index (χ0v) is 10.0. The third kappa shape index (κ3) is 1.78. The van der Waals surface area contributed by atoms with Gasteiger partial charge >= 0.3 is 0 Å². The van der Waals surface area contributed by atoms with Crippen LogP contribution in [-0.2, 0) is 0 Å². The first kappa shape index (κ1) is 10.6. The number of hydrogen-bond acceptors (Lipinski definition) is 3. The number of piperidine rings is 1. The molecule has 17 heavy (non-hydrogen) atoms. The Morgan fingerprint density at radius 2 is 2.41 bits per heavy atom. The lowest BCUT2D eigenvalue weighted by atomic mass is 9.97. The maximum atomic E-state index is 5.42. The summed E-state index contributed by atoms with van der Waals surface area (Å²) in [6.45, 7) is 2.16. The van der Waals surface area contributed by atoms with Crippen LogP contribution in [0.4, 0.5) is 0 Å². The van der Waals surface area contributed by atoms with E-state index in [1.54, 1.807) is 7.11 Å². The standard InChI is InChI=1S/C13H17N3O/c1-17-13-6-2-5-12-15-9-11(16(12)13)10-4-3-7-14-8-10/h2,5-6,9-10,14H,3-4,7-8H2,1H3. The molecule has 90 valence electrons. The van der Waals surface area contributed by atoms with Crippen molar-refractivity contribution in [3.63, 3.8) is 0 Å². The Balaban J connectivity index is 2.09. The van der Waals surface area contributed by atoms with Gasteiger partial charge in [-0.15, -0.1) is 0 Å². The molecule has 0 aromatic carbocycles. The number of ether oxygens (including phenoxy) is 1. The van der Waals surface area contributed by atoms with Gasteiger partial charge in [-0.25, -0.2) is 4.98 Å². The molecular formula is C13H17N3O. The van der Waals surface area contributed by atoms with Crippen LogP contribution in [0.15, 0.2) is 24.4 Å². The topological polar surface area (TPSA) is 38.6 Å². The van der Waals surface area contributed by atoms with Crippen LogP contribution in [0, 0.1) is 0 Å². The van der Waals surface area contributed by atoms with E-state index in [1.165, 1.54) is 18.5 Å². The number of pyridine rings is 1. The zero-order chi connectivity index (χ0) is 11.7. The normalized spacial score (nSPS) is 20.6. The number of rotatable bonds is 2. The minimum atomic E-state index is 0.537. The second-order valence-corrected chi connectivity index (χ2v) is 4.49. The smallest absolute Gasteiger partial charge is 0.199 e. The van der Waals surface area contributed by atoms with Gasteiger partial charge in [0.15, 0.2) is 5.88 Å². The van der Waals surface area contributed by atoms with Crippen molar-refractivity contribution in [1.82, 2.24) is 14.7 Å². The fourth-order valence-electron chi connectivity index (χ4n) is 2.58. The maximum Gasteiger partial charge on any atom is 0.199 e. The van der Waals surface area contributed by atoms with Gasteiger partial charge in [0.05, 0.1) is 12.8 Å². The minimum Gasteiger partial charge on any atom is -0.482 e. The molecule has 0 aliphatic carbocycles. The molecule has 1 atom stereocenters. The first-order valence-electron chi connectivity index (χ1n) is 6.11. The molecule has 0 saturated carbocycles. The Labute approximate surface area is 101 Å². The van der Waals surface area contributed by atoms with Gasteiger partial charge in [-0.2, -0.15) is 0 Å². The van der Waals surface area contributed by atoms with Crippen molar-refractivity contribution in [3.8, 4) is 5.88 Å². The molecule has 1 N–H and O–H groups in total. The van der Waals surface area contributed by atoms with E-state index in [2.05, 4.69) is 14.7 Å². The molecule has 0 bridgehead atoms. The predicted octanol–water partition coefficient (Wildman–Crippen LogP) is 1.81. The average molecular weight is 231 g/mol. The highest BCUT2D eigenvalue weighted by Crippen LogP contribution is 2.27. The van der Waals surface area contributed by atoms with E-state index in [9.17, 15) is 0 Å². The molecule has 0 spiro atoms. The molecule has 4 heteroatoms. The van der Waals surface area contributed by atoms with Gasteiger partial charge in [0.2, 0.25) is 0 Å². The van der Waals surface area contributed by atoms with Crippen LogP contribution in [0.25, 0.3) is 5.65 Å². The Kier molecular flexibility index (Phi) is 2.73. The van der Waals surface area contributed by atoms with Crippen LogP contribution in [0.1, 0.15) is 24.5 Å². The third-order valence-corrected chi connectivity index (χ3v) is 3.45. The van der Waals surface area contributed by atoms with Crippen molar-refractivity contribution in [3.05, 3.63) is 30.1 Å². The van der Waals surface area contributed by atoms with Crippen LogP contribution in [0.3, 0.4) is 0 Å². The number of fused-ring (bicyclic) bond motifs is 1. The summed E-state index contributed by atoms with van der Waals surface area (Å²) in [4.78, 5) is 4.46. The van der Waals surface area contributed by atoms with Crippen molar-refractivity contribution in [2.75, 3.05) is 20.2 Å². The molecule has 3 rings (SSSR count). The summed E-state index contributed by atoms with van der Waals surface area (Å²) in [6, 6.07) is 5.97. The lowest BCUT2D eigenvalue weighted by Crippen LogP contribution is -2.29. The van der Waals surface area contributed by atoms with Gasteiger partial charge in [-0.1, -0.05) is 6.07 Å². The van der Waals surface area contributed by atoms with Gasteiger partial charge in [0.1, 0.15) is 5.65 Å². The van der Waals surface area contributed by atoms with Gasteiger partial charge in [0.25, 0.3) is 0 Å². The third-order valence-electron chi connectivity index (χ3n) is 3.45. The molecule has 3 heterocycles. The van der Waals surface area contributed by atoms with Gasteiger partial charge in [0, 0.05) is 18.7 Å². The summed E-state index contributed by atoms with van der Waals surface area (Å²) in [7, 11) is 1.71. The van der Waals surface area contributed by atoms with Crippen molar-refractivity contribution < 1.29 is 4.74 Å². The van der Waals surface area contributed by atoms with Crippen LogP contribution >= 0.6 is 0 Å². The molecule has 1 aliphatic heterocycles. The zero-order valence-electron chi connectivity index (χ0n) is 10.0. The summed E-state index contributed by atoms with van der Waals surface area (Å²) in [5.74, 6) is 1.40. The van der Waals surface area contributed by atoms with Crippen LogP contribution in [-0.4, -0.2) is 29.6 Å². The SMILES string of the molecule is COc1cccc2ncc(C3CCCNC3)n12. The van der Waals surface area contributed by atoms with E-state index in [-0.39, 0.29) is 0 Å². The molecule has 1 unspecified atom stereocenters. The maximum absolute atomic E-state index is 5.42. The summed E-state index contributed by atoms with van der Waals surface area (Å²) in [6.07, 6.45) is 4.43. The highest BCUT2D eigenvalue weighted by Gasteiger charge is 2.20. The van der Waals surface area contributed by atoms with E-state index in [0.29, 0.717) is 5.92 Å². The number of imidazole rings is 1. The number of methoxy groups -OCH3 is 1. The van der Waals surface area contributed by atoms with Gasteiger partial charge < -0.3 is 10.1 Å². The van der Waals surface area contributed by atoms with E-state index >= 15 is 0 Å². The number of aromatic nitrogens is 2. The molecular weight excluding hydrogens is 214 g/mol. The summed E-state index contributed by atoms with van der Waals surface area (Å²) in [5, 5.41) is 3.44. The van der Waals surface area contributed by atoms with E-state index in [1.807, 2.05) is 24.4 Å². The Morgan fingerprint density at radius 3 is 3.18 bits per heavy atom. The number of nitrogens with one attached hydrogen (secondary N) is 1. The predicted molar refractivity (Wildman–Crippen MR) is 66.6 cm³/mol. The molecule has 2 aromatic heterocycles. The fourth-order valence-corrected chi connectivity index (χ4v) is 2.58. The lowest BCUT2D eigenvalue weighted by Gasteiger charge is -2.22. The molecule has 0 radical (unpaired) electrons. The first-order valence-corrected chi connectivity index (χ1v) is 6.11. The monoisotopic (exact) mass is 231 g/mol.